The summed E-state index contributed by atoms with van der Waals surface area (Å²) in [6.45, 7) is 9.98. The van der Waals surface area contributed by atoms with Crippen molar-refractivity contribution in [2.24, 2.45) is 0 Å². The quantitative estimate of drug-likeness (QED) is 0.610. The summed E-state index contributed by atoms with van der Waals surface area (Å²) in [6, 6.07) is 18.8. The molecule has 30 heavy (non-hydrogen) atoms. The first kappa shape index (κ1) is 24.1. The molecule has 163 valence electrons. The van der Waals surface area contributed by atoms with Crippen LogP contribution in [-0.2, 0) is 9.22 Å². The van der Waals surface area contributed by atoms with E-state index in [1.165, 1.54) is 0 Å². The summed E-state index contributed by atoms with van der Waals surface area (Å²) >= 11 is 0. The van der Waals surface area contributed by atoms with Gasteiger partial charge in [0.15, 0.2) is 0 Å². The molecule has 2 aromatic rings. The van der Waals surface area contributed by atoms with Gasteiger partial charge in [-0.15, -0.1) is 0 Å². The van der Waals surface area contributed by atoms with E-state index in [0.29, 0.717) is 4.90 Å². The molecule has 0 N–H and O–H groups in total. The van der Waals surface area contributed by atoms with E-state index in [0.717, 1.165) is 17.4 Å². The number of benzene rings is 2. The van der Waals surface area contributed by atoms with Crippen molar-refractivity contribution in [1.82, 2.24) is 4.90 Å². The van der Waals surface area contributed by atoms with E-state index in [-0.39, 0.29) is 18.1 Å². The highest BCUT2D eigenvalue weighted by Crippen LogP contribution is 2.37. The Morgan fingerprint density at radius 2 is 1.43 bits per heavy atom. The van der Waals surface area contributed by atoms with Crippen LogP contribution >= 0.6 is 0 Å². The smallest absolute Gasteiger partial charge is 0.405 e. The van der Waals surface area contributed by atoms with E-state index in [4.69, 9.17) is 4.43 Å². The number of rotatable bonds is 7. The Bertz CT molecular complexity index is 780. The Kier molecular flexibility index (Phi) is 7.53. The van der Waals surface area contributed by atoms with Crippen LogP contribution in [0, 0.1) is 6.92 Å². The second kappa shape index (κ2) is 9.35. The van der Waals surface area contributed by atoms with Crippen LogP contribution in [0.4, 0.5) is 13.2 Å². The summed E-state index contributed by atoms with van der Waals surface area (Å²) < 4.78 is 45.5. The maximum atomic E-state index is 12.9. The van der Waals surface area contributed by atoms with Crippen molar-refractivity contribution in [1.29, 1.82) is 0 Å². The second-order valence-corrected chi connectivity index (χ2v) is 12.6. The number of hydrogen-bond acceptors (Lipinski definition) is 2. The highest BCUT2D eigenvalue weighted by atomic mass is 28.4. The van der Waals surface area contributed by atoms with Gasteiger partial charge in [-0.3, -0.25) is 4.79 Å². The van der Waals surface area contributed by atoms with Gasteiger partial charge in [0.1, 0.15) is 0 Å². The van der Waals surface area contributed by atoms with Crippen molar-refractivity contribution in [3.63, 3.8) is 0 Å². The molecule has 1 radical (unpaired) electrons. The van der Waals surface area contributed by atoms with Gasteiger partial charge >= 0.3 is 12.1 Å². The molecule has 0 heterocycles. The van der Waals surface area contributed by atoms with Crippen molar-refractivity contribution < 1.29 is 22.4 Å². The summed E-state index contributed by atoms with van der Waals surface area (Å²) in [5.74, 6) is -1.89. The molecule has 0 unspecified atom stereocenters. The number of nitrogens with zero attached hydrogens (tertiary/aromatic N) is 1. The third kappa shape index (κ3) is 4.95. The molecule has 3 nitrogen and oxygen atoms in total. The second-order valence-electron chi connectivity index (χ2n) is 8.33. The summed E-state index contributed by atoms with van der Waals surface area (Å²) in [5.41, 5.74) is 0. The van der Waals surface area contributed by atoms with Crippen molar-refractivity contribution in [3.8, 4) is 0 Å². The lowest BCUT2D eigenvalue weighted by molar-refractivity contribution is -0.186. The van der Waals surface area contributed by atoms with Gasteiger partial charge in [0.2, 0.25) is 0 Å². The van der Waals surface area contributed by atoms with E-state index in [9.17, 15) is 18.0 Å². The van der Waals surface area contributed by atoms with Crippen molar-refractivity contribution in [2.45, 2.75) is 44.4 Å². The molecule has 7 heteroatoms. The van der Waals surface area contributed by atoms with Gasteiger partial charge in [-0.05, 0) is 21.8 Å². The molecule has 0 spiro atoms. The molecule has 0 saturated heterocycles. The van der Waals surface area contributed by atoms with Crippen LogP contribution in [0.5, 0.6) is 0 Å². The minimum atomic E-state index is -4.93. The zero-order valence-corrected chi connectivity index (χ0v) is 18.9. The third-order valence-corrected chi connectivity index (χ3v) is 10.4. The fourth-order valence-corrected chi connectivity index (χ4v) is 8.34. The fraction of sp³-hybridized carbons (Fsp3) is 0.391. The normalized spacial score (nSPS) is 13.7. The van der Waals surface area contributed by atoms with Gasteiger partial charge in [-0.2, -0.15) is 13.2 Å². The van der Waals surface area contributed by atoms with E-state index < -0.39 is 26.4 Å². The predicted molar refractivity (Wildman–Crippen MR) is 116 cm³/mol. The summed E-state index contributed by atoms with van der Waals surface area (Å²) in [6.07, 6.45) is -4.82. The van der Waals surface area contributed by atoms with Crippen LogP contribution in [0.25, 0.3) is 0 Å². The average Bonchev–Trinajstić information content (AvgIpc) is 2.70. The highest BCUT2D eigenvalue weighted by molar-refractivity contribution is 6.99. The lowest BCUT2D eigenvalue weighted by atomic mass is 10.2. The number of likely N-dealkylation sites (N-methyl/N-ethyl adjacent to an activating group) is 1. The van der Waals surface area contributed by atoms with Crippen LogP contribution in [0.15, 0.2) is 60.7 Å². The van der Waals surface area contributed by atoms with Crippen LogP contribution < -0.4 is 10.4 Å². The maximum Gasteiger partial charge on any atom is 0.471 e. The maximum absolute atomic E-state index is 12.9. The Labute approximate surface area is 178 Å². The molecule has 2 rings (SSSR count). The van der Waals surface area contributed by atoms with Gasteiger partial charge in [0, 0.05) is 7.05 Å². The number of carbonyl (C=O) groups is 1. The third-order valence-electron chi connectivity index (χ3n) is 5.35. The minimum absolute atomic E-state index is 0.0326. The molecule has 1 atom stereocenters. The standard InChI is InChI=1S/C23H29F3NO2Si/c1-6-18(27(5)21(28)23(24,25)26)17-29-30(22(2,3)4,19-13-9-7-10-14-19)20-15-11-8-12-16-20/h7-16,18H,1,6,17H2,2-5H3/t18-/m0/s1. The van der Waals surface area contributed by atoms with Crippen molar-refractivity contribution in [2.75, 3.05) is 13.7 Å². The zero-order valence-electron chi connectivity index (χ0n) is 17.9. The Hall–Kier alpha value is -2.12. The highest BCUT2D eigenvalue weighted by Gasteiger charge is 2.51. The molecule has 1 amide bonds. The molecular formula is C23H29F3NO2Si. The number of alkyl halides is 3. The van der Waals surface area contributed by atoms with Crippen LogP contribution in [-0.4, -0.2) is 45.0 Å². The monoisotopic (exact) mass is 436 g/mol. The summed E-state index contributed by atoms with van der Waals surface area (Å²) in [5, 5.41) is 1.74. The number of carbonyl (C=O) groups excluding carboxylic acids is 1. The SMILES string of the molecule is [CH2]C[C@@H](CO[Si](c1ccccc1)(c1ccccc1)C(C)(C)C)N(C)C(=O)C(F)(F)F. The molecule has 0 aliphatic carbocycles. The molecule has 0 fully saturated rings. The van der Waals surface area contributed by atoms with Crippen molar-refractivity contribution >= 4 is 24.6 Å². The lowest BCUT2D eigenvalue weighted by Gasteiger charge is -2.44. The summed E-state index contributed by atoms with van der Waals surface area (Å²) in [4.78, 5) is 12.5. The molecule has 0 bridgehead atoms. The first-order valence-electron chi connectivity index (χ1n) is 9.83. The largest absolute Gasteiger partial charge is 0.471 e. The van der Waals surface area contributed by atoms with Gasteiger partial charge in [0.05, 0.1) is 12.6 Å². The molecule has 2 aromatic carbocycles. The molecule has 0 aliphatic heterocycles. The lowest BCUT2D eigenvalue weighted by Crippen LogP contribution is -2.67. The molecular weight excluding hydrogens is 407 g/mol. The van der Waals surface area contributed by atoms with Crippen LogP contribution in [0.2, 0.25) is 5.04 Å². The van der Waals surface area contributed by atoms with Crippen LogP contribution in [0.1, 0.15) is 27.2 Å². The van der Waals surface area contributed by atoms with Gasteiger partial charge in [-0.25, -0.2) is 0 Å². The van der Waals surface area contributed by atoms with Crippen LogP contribution in [0.3, 0.4) is 0 Å². The topological polar surface area (TPSA) is 29.5 Å². The van der Waals surface area contributed by atoms with Gasteiger partial charge < -0.3 is 9.33 Å². The Morgan fingerprint density at radius 3 is 1.77 bits per heavy atom. The first-order valence-corrected chi connectivity index (χ1v) is 11.7. The fourth-order valence-electron chi connectivity index (χ4n) is 3.74. The van der Waals surface area contributed by atoms with Gasteiger partial charge in [0.25, 0.3) is 8.32 Å². The predicted octanol–water partition coefficient (Wildman–Crippen LogP) is 4.18. The molecule has 0 saturated carbocycles. The minimum Gasteiger partial charge on any atom is -0.405 e. The van der Waals surface area contributed by atoms with E-state index in [1.54, 1.807) is 0 Å². The van der Waals surface area contributed by atoms with Crippen molar-refractivity contribution in [3.05, 3.63) is 67.6 Å². The molecule has 0 aromatic heterocycles. The number of hydrogen-bond donors (Lipinski definition) is 0. The zero-order chi connectivity index (χ0) is 22.6. The summed E-state index contributed by atoms with van der Waals surface area (Å²) in [7, 11) is -1.75. The Morgan fingerprint density at radius 1 is 1.00 bits per heavy atom. The average molecular weight is 437 g/mol. The number of amides is 1. The Balaban J connectivity index is 2.50. The first-order chi connectivity index (χ1) is 13.9. The molecule has 0 aliphatic rings. The van der Waals surface area contributed by atoms with Gasteiger partial charge in [-0.1, -0.05) is 88.4 Å². The van der Waals surface area contributed by atoms with E-state index in [1.807, 2.05) is 60.7 Å². The van der Waals surface area contributed by atoms with E-state index in [2.05, 4.69) is 27.7 Å². The van der Waals surface area contributed by atoms with E-state index >= 15 is 0 Å². The number of halogens is 3.